The van der Waals surface area contributed by atoms with Gasteiger partial charge in [-0.2, -0.15) is 0 Å². The standard InChI is InChI=1S/C46H66N4O6/c1-5-7-9-11-13-15-23-29-55-43(51)41(32-37-25-19-17-20-26-37)49-45(53)47-39-34-40(36(4)31-35(39)3)48-46(54)50-42(33-38-27-21-18-22-28-38)44(52)56-30-24-16-14-12-10-8-6-2/h17-22,25-28,31,34,41-42H,5-16,23-24,29-30,32-33H2,1-4H3,(H2,47,49,53)(H2,48,50,54)/t41-,42-/m0/s1. The zero-order valence-corrected chi connectivity index (χ0v) is 34.3. The lowest BCUT2D eigenvalue weighted by Gasteiger charge is -2.21. The average Bonchev–Trinajstić information content (AvgIpc) is 3.19. The van der Waals surface area contributed by atoms with E-state index in [1.807, 2.05) is 80.6 Å². The van der Waals surface area contributed by atoms with E-state index in [0.717, 1.165) is 60.8 Å². The van der Waals surface area contributed by atoms with Crippen molar-refractivity contribution >= 4 is 35.4 Å². The number of carbonyl (C=O) groups is 4. The van der Waals surface area contributed by atoms with Crippen molar-refractivity contribution in [2.45, 2.75) is 143 Å². The van der Waals surface area contributed by atoms with Gasteiger partial charge in [-0.25, -0.2) is 19.2 Å². The molecule has 0 spiro atoms. The molecule has 0 radical (unpaired) electrons. The summed E-state index contributed by atoms with van der Waals surface area (Å²) in [6.07, 6.45) is 16.0. The molecule has 0 aliphatic heterocycles. The number of ether oxygens (including phenoxy) is 2. The fourth-order valence-electron chi connectivity index (χ4n) is 6.51. The van der Waals surface area contributed by atoms with Crippen LogP contribution in [-0.4, -0.2) is 49.3 Å². The van der Waals surface area contributed by atoms with Crippen LogP contribution < -0.4 is 21.3 Å². The Bertz CT molecular complexity index is 1490. The van der Waals surface area contributed by atoms with Crippen molar-refractivity contribution in [2.24, 2.45) is 0 Å². The van der Waals surface area contributed by atoms with Crippen molar-refractivity contribution in [3.8, 4) is 0 Å². The monoisotopic (exact) mass is 770 g/mol. The maximum absolute atomic E-state index is 13.4. The van der Waals surface area contributed by atoms with Crippen LogP contribution in [0.15, 0.2) is 72.8 Å². The molecular weight excluding hydrogens is 705 g/mol. The molecular formula is C46H66N4O6. The van der Waals surface area contributed by atoms with Crippen molar-refractivity contribution in [1.82, 2.24) is 10.6 Å². The molecule has 0 aromatic heterocycles. The van der Waals surface area contributed by atoms with Crippen LogP contribution in [0.1, 0.15) is 126 Å². The highest BCUT2D eigenvalue weighted by atomic mass is 16.5. The number of aryl methyl sites for hydroxylation is 2. The molecule has 3 rings (SSSR count). The first kappa shape index (κ1) is 45.5. The molecule has 0 saturated carbocycles. The maximum atomic E-state index is 13.4. The molecule has 10 heteroatoms. The minimum Gasteiger partial charge on any atom is -0.464 e. The number of urea groups is 2. The number of esters is 2. The highest BCUT2D eigenvalue weighted by Gasteiger charge is 2.25. The summed E-state index contributed by atoms with van der Waals surface area (Å²) < 4.78 is 11.2. The first-order chi connectivity index (χ1) is 27.2. The third-order valence-corrected chi connectivity index (χ3v) is 9.80. The van der Waals surface area contributed by atoms with E-state index in [1.54, 1.807) is 6.07 Å². The zero-order chi connectivity index (χ0) is 40.4. The zero-order valence-electron chi connectivity index (χ0n) is 34.3. The van der Waals surface area contributed by atoms with Crippen LogP contribution in [0.25, 0.3) is 0 Å². The van der Waals surface area contributed by atoms with Gasteiger partial charge >= 0.3 is 24.0 Å². The second-order valence-corrected chi connectivity index (χ2v) is 14.7. The first-order valence-electron chi connectivity index (χ1n) is 20.9. The summed E-state index contributed by atoms with van der Waals surface area (Å²) in [6, 6.07) is 19.5. The molecule has 0 saturated heterocycles. The van der Waals surface area contributed by atoms with E-state index in [1.165, 1.54) is 51.4 Å². The Kier molecular flexibility index (Phi) is 21.8. The Morgan fingerprint density at radius 1 is 0.500 bits per heavy atom. The Labute approximate surface area is 335 Å². The minimum absolute atomic E-state index is 0.273. The molecule has 4 N–H and O–H groups in total. The predicted octanol–water partition coefficient (Wildman–Crippen LogP) is 10.4. The number of rotatable bonds is 26. The van der Waals surface area contributed by atoms with E-state index < -0.39 is 36.1 Å². The number of unbranched alkanes of at least 4 members (excludes halogenated alkanes) is 12. The molecule has 4 amide bonds. The lowest BCUT2D eigenvalue weighted by atomic mass is 10.1. The molecule has 2 atom stereocenters. The first-order valence-corrected chi connectivity index (χ1v) is 20.9. The van der Waals surface area contributed by atoms with Gasteiger partial charge in [0.15, 0.2) is 0 Å². The van der Waals surface area contributed by atoms with Gasteiger partial charge in [-0.05, 0) is 55.0 Å². The Morgan fingerprint density at radius 3 is 1.23 bits per heavy atom. The SMILES string of the molecule is CCCCCCCCCOC(=O)[C@H](Cc1ccccc1)NC(=O)Nc1cc(NC(=O)N[C@@H](Cc2ccccc2)C(=O)OCCCCCCCCC)c(C)cc1C. The van der Waals surface area contributed by atoms with Gasteiger partial charge in [-0.1, -0.05) is 158 Å². The van der Waals surface area contributed by atoms with Gasteiger partial charge in [0.2, 0.25) is 0 Å². The molecule has 3 aromatic carbocycles. The lowest BCUT2D eigenvalue weighted by Crippen LogP contribution is -2.45. The van der Waals surface area contributed by atoms with E-state index in [-0.39, 0.29) is 12.8 Å². The van der Waals surface area contributed by atoms with Crippen molar-refractivity contribution in [3.05, 3.63) is 95.1 Å². The molecule has 0 aliphatic carbocycles. The fraction of sp³-hybridized carbons (Fsp3) is 0.522. The number of hydrogen-bond acceptors (Lipinski definition) is 6. The number of anilines is 2. The van der Waals surface area contributed by atoms with Gasteiger partial charge in [0.05, 0.1) is 13.2 Å². The normalized spacial score (nSPS) is 11.9. The molecule has 0 unspecified atom stereocenters. The number of amides is 4. The number of carbonyl (C=O) groups excluding carboxylic acids is 4. The molecule has 56 heavy (non-hydrogen) atoms. The van der Waals surface area contributed by atoms with Crippen LogP contribution in [0.5, 0.6) is 0 Å². The summed E-state index contributed by atoms with van der Waals surface area (Å²) in [5.41, 5.74) is 4.21. The largest absolute Gasteiger partial charge is 0.464 e. The van der Waals surface area contributed by atoms with Crippen LogP contribution in [0.3, 0.4) is 0 Å². The summed E-state index contributed by atoms with van der Waals surface area (Å²) in [5, 5.41) is 11.3. The van der Waals surface area contributed by atoms with Gasteiger partial charge in [0.25, 0.3) is 0 Å². The quantitative estimate of drug-likeness (QED) is 0.0474. The predicted molar refractivity (Wildman–Crippen MR) is 226 cm³/mol. The summed E-state index contributed by atoms with van der Waals surface area (Å²) in [4.78, 5) is 53.2. The van der Waals surface area contributed by atoms with E-state index in [0.29, 0.717) is 24.6 Å². The van der Waals surface area contributed by atoms with Crippen molar-refractivity contribution in [2.75, 3.05) is 23.8 Å². The van der Waals surface area contributed by atoms with Crippen LogP contribution in [0.4, 0.5) is 21.0 Å². The summed E-state index contributed by atoms with van der Waals surface area (Å²) in [7, 11) is 0. The van der Waals surface area contributed by atoms with Gasteiger partial charge in [0, 0.05) is 24.2 Å². The lowest BCUT2D eigenvalue weighted by molar-refractivity contribution is -0.146. The summed E-state index contributed by atoms with van der Waals surface area (Å²) in [6.45, 7) is 8.70. The van der Waals surface area contributed by atoms with Crippen molar-refractivity contribution in [3.63, 3.8) is 0 Å². The minimum atomic E-state index is -0.900. The summed E-state index contributed by atoms with van der Waals surface area (Å²) >= 11 is 0. The summed E-state index contributed by atoms with van der Waals surface area (Å²) in [5.74, 6) is -0.971. The molecule has 0 bridgehead atoms. The number of benzene rings is 3. The molecule has 0 heterocycles. The molecule has 10 nitrogen and oxygen atoms in total. The smallest absolute Gasteiger partial charge is 0.329 e. The van der Waals surface area contributed by atoms with Crippen LogP contribution >= 0.6 is 0 Å². The van der Waals surface area contributed by atoms with Gasteiger partial charge < -0.3 is 30.7 Å². The maximum Gasteiger partial charge on any atom is 0.329 e. The van der Waals surface area contributed by atoms with Gasteiger partial charge in [-0.3, -0.25) is 0 Å². The second-order valence-electron chi connectivity index (χ2n) is 14.7. The van der Waals surface area contributed by atoms with E-state index in [4.69, 9.17) is 9.47 Å². The van der Waals surface area contributed by atoms with E-state index >= 15 is 0 Å². The number of nitrogens with one attached hydrogen (secondary N) is 4. The van der Waals surface area contributed by atoms with Gasteiger partial charge in [-0.15, -0.1) is 0 Å². The third-order valence-electron chi connectivity index (χ3n) is 9.80. The van der Waals surface area contributed by atoms with Crippen molar-refractivity contribution in [1.29, 1.82) is 0 Å². The van der Waals surface area contributed by atoms with E-state index in [2.05, 4.69) is 35.1 Å². The molecule has 0 aliphatic rings. The Hall–Kier alpha value is -4.86. The molecule has 0 fully saturated rings. The molecule has 3 aromatic rings. The number of hydrogen-bond donors (Lipinski definition) is 4. The second kappa shape index (κ2) is 26.9. The van der Waals surface area contributed by atoms with Crippen molar-refractivity contribution < 1.29 is 28.7 Å². The molecule has 306 valence electrons. The average molecular weight is 771 g/mol. The fourth-order valence-corrected chi connectivity index (χ4v) is 6.51. The Morgan fingerprint density at radius 2 is 0.857 bits per heavy atom. The topological polar surface area (TPSA) is 135 Å². The van der Waals surface area contributed by atoms with Crippen LogP contribution in [0, 0.1) is 13.8 Å². The van der Waals surface area contributed by atoms with E-state index in [9.17, 15) is 19.2 Å². The third kappa shape index (κ3) is 18.2. The van der Waals surface area contributed by atoms with Crippen LogP contribution in [-0.2, 0) is 31.9 Å². The Balaban J connectivity index is 1.62. The van der Waals surface area contributed by atoms with Gasteiger partial charge in [0.1, 0.15) is 12.1 Å². The highest BCUT2D eigenvalue weighted by Crippen LogP contribution is 2.25. The van der Waals surface area contributed by atoms with Crippen LogP contribution in [0.2, 0.25) is 0 Å². The highest BCUT2D eigenvalue weighted by molar-refractivity contribution is 5.96.